The second-order valence-electron chi connectivity index (χ2n) is 2.23. The second kappa shape index (κ2) is 5.35. The summed E-state index contributed by atoms with van der Waals surface area (Å²) in [5.41, 5.74) is 0. The molecular weight excluding hydrogens is 168 g/mol. The van der Waals surface area contributed by atoms with E-state index < -0.39 is 0 Å². The highest BCUT2D eigenvalue weighted by molar-refractivity contribution is 5.85. The van der Waals surface area contributed by atoms with Crippen molar-refractivity contribution in [2.24, 2.45) is 0 Å². The average molecular weight is 181 g/mol. The summed E-state index contributed by atoms with van der Waals surface area (Å²) < 4.78 is 4.55. The minimum Gasteiger partial charge on any atom is -0.468 e. The van der Waals surface area contributed by atoms with Gasteiger partial charge in [-0.15, -0.1) is 12.4 Å². The van der Waals surface area contributed by atoms with Gasteiger partial charge in [-0.25, -0.2) is 0 Å². The van der Waals surface area contributed by atoms with E-state index in [4.69, 9.17) is 0 Å². The normalized spacial score (nSPS) is 23.5. The molecular formula is C6H13ClN2O2. The molecule has 0 saturated carbocycles. The number of ether oxygens (including phenoxy) is 1. The standard InChI is InChI=1S/C6H12N2O2.ClH/c1-10-6(9)5-4-7-2-3-8-5;/h5,7-8H,2-4H2,1H3;1H/t5-;/m0./s1. The van der Waals surface area contributed by atoms with Crippen LogP contribution in [0.4, 0.5) is 0 Å². The molecule has 1 fully saturated rings. The number of piperazine rings is 1. The van der Waals surface area contributed by atoms with Crippen molar-refractivity contribution in [3.8, 4) is 0 Å². The summed E-state index contributed by atoms with van der Waals surface area (Å²) in [4.78, 5) is 10.8. The molecule has 2 N–H and O–H groups in total. The molecule has 5 heteroatoms. The zero-order valence-corrected chi connectivity index (χ0v) is 7.24. The van der Waals surface area contributed by atoms with Crippen LogP contribution < -0.4 is 10.6 Å². The smallest absolute Gasteiger partial charge is 0.324 e. The zero-order chi connectivity index (χ0) is 7.40. The van der Waals surface area contributed by atoms with Gasteiger partial charge in [0.15, 0.2) is 0 Å². The Labute approximate surface area is 72.1 Å². The van der Waals surface area contributed by atoms with E-state index in [1.165, 1.54) is 7.11 Å². The third-order valence-corrected chi connectivity index (χ3v) is 1.53. The van der Waals surface area contributed by atoms with E-state index in [9.17, 15) is 4.79 Å². The third-order valence-electron chi connectivity index (χ3n) is 1.53. The topological polar surface area (TPSA) is 50.4 Å². The number of esters is 1. The van der Waals surface area contributed by atoms with Crippen LogP contribution in [0.15, 0.2) is 0 Å². The molecule has 0 bridgehead atoms. The van der Waals surface area contributed by atoms with Gasteiger partial charge < -0.3 is 15.4 Å². The maximum atomic E-state index is 10.8. The third kappa shape index (κ3) is 3.05. The van der Waals surface area contributed by atoms with E-state index in [2.05, 4.69) is 15.4 Å². The minimum absolute atomic E-state index is 0. The number of halogens is 1. The largest absolute Gasteiger partial charge is 0.468 e. The molecule has 1 rings (SSSR count). The van der Waals surface area contributed by atoms with Crippen molar-refractivity contribution in [3.63, 3.8) is 0 Å². The van der Waals surface area contributed by atoms with Crippen LogP contribution in [0.1, 0.15) is 0 Å². The molecule has 0 aromatic carbocycles. The van der Waals surface area contributed by atoms with Gasteiger partial charge in [0.1, 0.15) is 6.04 Å². The van der Waals surface area contributed by atoms with Gasteiger partial charge in [0.2, 0.25) is 0 Å². The summed E-state index contributed by atoms with van der Waals surface area (Å²) in [5, 5.41) is 6.12. The second-order valence-corrected chi connectivity index (χ2v) is 2.23. The lowest BCUT2D eigenvalue weighted by molar-refractivity contribution is -0.143. The highest BCUT2D eigenvalue weighted by Crippen LogP contribution is 1.88. The van der Waals surface area contributed by atoms with Crippen LogP contribution >= 0.6 is 12.4 Å². The number of carbonyl (C=O) groups excluding carboxylic acids is 1. The molecule has 0 spiro atoms. The molecule has 0 aromatic rings. The van der Waals surface area contributed by atoms with Crippen LogP contribution in [0.2, 0.25) is 0 Å². The fourth-order valence-corrected chi connectivity index (χ4v) is 0.962. The van der Waals surface area contributed by atoms with Crippen LogP contribution in [0.3, 0.4) is 0 Å². The minimum atomic E-state index is -0.188. The molecule has 0 amide bonds. The van der Waals surface area contributed by atoms with Gasteiger partial charge in [-0.1, -0.05) is 0 Å². The number of nitrogens with one attached hydrogen (secondary N) is 2. The molecule has 0 aromatic heterocycles. The molecule has 1 aliphatic heterocycles. The predicted octanol–water partition coefficient (Wildman–Crippen LogP) is -0.857. The average Bonchev–Trinajstić information content (AvgIpc) is 2.05. The van der Waals surface area contributed by atoms with Crippen LogP contribution in [-0.2, 0) is 9.53 Å². The Morgan fingerprint density at radius 1 is 1.55 bits per heavy atom. The van der Waals surface area contributed by atoms with Crippen molar-refractivity contribution in [3.05, 3.63) is 0 Å². The van der Waals surface area contributed by atoms with Crippen LogP contribution in [0.5, 0.6) is 0 Å². The first-order chi connectivity index (χ1) is 4.84. The fraction of sp³-hybridized carbons (Fsp3) is 0.833. The lowest BCUT2D eigenvalue weighted by Gasteiger charge is -2.21. The molecule has 1 atom stereocenters. The van der Waals surface area contributed by atoms with Gasteiger partial charge in [0, 0.05) is 19.6 Å². The summed E-state index contributed by atoms with van der Waals surface area (Å²) in [7, 11) is 1.40. The van der Waals surface area contributed by atoms with Gasteiger partial charge in [-0.3, -0.25) is 4.79 Å². The van der Waals surface area contributed by atoms with Gasteiger partial charge in [-0.2, -0.15) is 0 Å². The monoisotopic (exact) mass is 180 g/mol. The summed E-state index contributed by atoms with van der Waals surface area (Å²) in [6, 6.07) is -0.154. The number of rotatable bonds is 1. The van der Waals surface area contributed by atoms with E-state index in [-0.39, 0.29) is 24.4 Å². The first-order valence-corrected chi connectivity index (χ1v) is 3.36. The molecule has 1 aliphatic rings. The lowest BCUT2D eigenvalue weighted by Crippen LogP contribution is -2.52. The van der Waals surface area contributed by atoms with Crippen molar-refractivity contribution in [2.45, 2.75) is 6.04 Å². The van der Waals surface area contributed by atoms with Crippen LogP contribution in [-0.4, -0.2) is 38.8 Å². The molecule has 0 aliphatic carbocycles. The molecule has 11 heavy (non-hydrogen) atoms. The maximum absolute atomic E-state index is 10.8. The number of hydrogen-bond donors (Lipinski definition) is 2. The van der Waals surface area contributed by atoms with E-state index in [1.807, 2.05) is 0 Å². The first-order valence-electron chi connectivity index (χ1n) is 3.36. The Balaban J connectivity index is 0.000001000. The van der Waals surface area contributed by atoms with Gasteiger partial charge in [-0.05, 0) is 0 Å². The van der Waals surface area contributed by atoms with Crippen molar-refractivity contribution in [1.29, 1.82) is 0 Å². The zero-order valence-electron chi connectivity index (χ0n) is 6.42. The molecule has 0 unspecified atom stereocenters. The van der Waals surface area contributed by atoms with Crippen molar-refractivity contribution < 1.29 is 9.53 Å². The summed E-state index contributed by atoms with van der Waals surface area (Å²) in [6.07, 6.45) is 0. The maximum Gasteiger partial charge on any atom is 0.324 e. The molecule has 1 heterocycles. The number of methoxy groups -OCH3 is 1. The molecule has 0 radical (unpaired) electrons. The molecule has 1 saturated heterocycles. The van der Waals surface area contributed by atoms with E-state index >= 15 is 0 Å². The summed E-state index contributed by atoms with van der Waals surface area (Å²) >= 11 is 0. The van der Waals surface area contributed by atoms with Crippen LogP contribution in [0, 0.1) is 0 Å². The van der Waals surface area contributed by atoms with E-state index in [0.29, 0.717) is 6.54 Å². The van der Waals surface area contributed by atoms with E-state index in [0.717, 1.165) is 13.1 Å². The van der Waals surface area contributed by atoms with Gasteiger partial charge >= 0.3 is 5.97 Å². The Kier molecular flexibility index (Phi) is 5.19. The number of carbonyl (C=O) groups is 1. The van der Waals surface area contributed by atoms with Crippen molar-refractivity contribution in [1.82, 2.24) is 10.6 Å². The Hall–Kier alpha value is -0.320. The number of hydrogen-bond acceptors (Lipinski definition) is 4. The van der Waals surface area contributed by atoms with Gasteiger partial charge in [0.05, 0.1) is 7.11 Å². The highest BCUT2D eigenvalue weighted by atomic mass is 35.5. The Morgan fingerprint density at radius 3 is 2.73 bits per heavy atom. The molecule has 4 nitrogen and oxygen atoms in total. The SMILES string of the molecule is COC(=O)[C@@H]1CNCCN1.Cl. The predicted molar refractivity (Wildman–Crippen MR) is 43.9 cm³/mol. The summed E-state index contributed by atoms with van der Waals surface area (Å²) in [6.45, 7) is 2.43. The highest BCUT2D eigenvalue weighted by Gasteiger charge is 2.19. The Bertz CT molecular complexity index is 126. The van der Waals surface area contributed by atoms with Crippen molar-refractivity contribution >= 4 is 18.4 Å². The first kappa shape index (κ1) is 10.7. The lowest BCUT2D eigenvalue weighted by atomic mass is 10.2. The quantitative estimate of drug-likeness (QED) is 0.516. The summed E-state index contributed by atoms with van der Waals surface area (Å²) in [5.74, 6) is -0.188. The van der Waals surface area contributed by atoms with Gasteiger partial charge in [0.25, 0.3) is 0 Å². The Morgan fingerprint density at radius 2 is 2.27 bits per heavy atom. The van der Waals surface area contributed by atoms with Crippen molar-refractivity contribution in [2.75, 3.05) is 26.7 Å². The molecule has 66 valence electrons. The van der Waals surface area contributed by atoms with Crippen LogP contribution in [0.25, 0.3) is 0 Å². The fourth-order valence-electron chi connectivity index (χ4n) is 0.962. The van der Waals surface area contributed by atoms with E-state index in [1.54, 1.807) is 0 Å².